The van der Waals surface area contributed by atoms with Crippen LogP contribution in [0.15, 0.2) is 34.9 Å². The Balaban J connectivity index is 1.39. The van der Waals surface area contributed by atoms with Crippen LogP contribution in [0.25, 0.3) is 33.4 Å². The predicted molar refractivity (Wildman–Crippen MR) is 130 cm³/mol. The number of hydrogen-bond donors (Lipinski definition) is 1. The number of aromatic amines is 1. The molecule has 172 valence electrons. The molecule has 2 fully saturated rings. The third-order valence-electron chi connectivity index (χ3n) is 6.41. The molecule has 0 unspecified atom stereocenters. The number of piperazine rings is 1. The van der Waals surface area contributed by atoms with Gasteiger partial charge in [0.1, 0.15) is 11.3 Å². The fourth-order valence-electron chi connectivity index (χ4n) is 4.61. The molecular formula is C23H27N7O2S. The summed E-state index contributed by atoms with van der Waals surface area (Å²) in [7, 11) is 0. The van der Waals surface area contributed by atoms with Gasteiger partial charge in [-0.2, -0.15) is 5.10 Å². The predicted octanol–water partition coefficient (Wildman–Crippen LogP) is 3.00. The highest BCUT2D eigenvalue weighted by Gasteiger charge is 2.23. The Morgan fingerprint density at radius 1 is 1.06 bits per heavy atom. The monoisotopic (exact) mass is 465 g/mol. The van der Waals surface area contributed by atoms with Gasteiger partial charge in [0.05, 0.1) is 31.5 Å². The Morgan fingerprint density at radius 3 is 2.73 bits per heavy atom. The Kier molecular flexibility index (Phi) is 5.67. The minimum atomic E-state index is 0.686. The average molecular weight is 466 g/mol. The standard InChI is InChI=1S/C23H27N7O2S/c1-33-30-7-5-28(6-8-30)15-16-13-20-21(32-16)23(29-9-11-31-12-10-29)26-22(25-20)17-3-2-4-19-18(17)14-24-27-19/h2-4,13-14H,5-12,15H2,1H3,(H,24,27). The summed E-state index contributed by atoms with van der Waals surface area (Å²) in [4.78, 5) is 14.6. The van der Waals surface area contributed by atoms with Crippen molar-refractivity contribution < 1.29 is 9.15 Å². The summed E-state index contributed by atoms with van der Waals surface area (Å²) in [5, 5.41) is 8.26. The van der Waals surface area contributed by atoms with Gasteiger partial charge in [0.15, 0.2) is 17.2 Å². The maximum Gasteiger partial charge on any atom is 0.195 e. The van der Waals surface area contributed by atoms with Crippen LogP contribution in [0.2, 0.25) is 0 Å². The molecule has 9 nitrogen and oxygen atoms in total. The van der Waals surface area contributed by atoms with Crippen LogP contribution in [-0.4, -0.2) is 88.1 Å². The number of ether oxygens (including phenoxy) is 1. The molecule has 0 atom stereocenters. The van der Waals surface area contributed by atoms with Gasteiger partial charge >= 0.3 is 0 Å². The molecule has 2 aliphatic heterocycles. The second-order valence-corrected chi connectivity index (χ2v) is 9.30. The van der Waals surface area contributed by atoms with E-state index in [4.69, 9.17) is 19.1 Å². The van der Waals surface area contributed by atoms with Crippen LogP contribution in [0, 0.1) is 0 Å². The van der Waals surface area contributed by atoms with Crippen molar-refractivity contribution in [3.63, 3.8) is 0 Å². The Morgan fingerprint density at radius 2 is 1.91 bits per heavy atom. The molecule has 0 saturated carbocycles. The Bertz CT molecular complexity index is 1260. The third-order valence-corrected chi connectivity index (χ3v) is 7.29. The molecule has 0 aliphatic carbocycles. The molecule has 5 heterocycles. The van der Waals surface area contributed by atoms with E-state index in [1.165, 1.54) is 0 Å². The zero-order valence-electron chi connectivity index (χ0n) is 18.7. The van der Waals surface area contributed by atoms with Crippen molar-refractivity contribution in [2.75, 3.05) is 63.6 Å². The van der Waals surface area contributed by atoms with Crippen LogP contribution in [-0.2, 0) is 11.3 Å². The zero-order valence-corrected chi connectivity index (χ0v) is 19.5. The third kappa shape index (κ3) is 4.08. The number of benzene rings is 1. The van der Waals surface area contributed by atoms with Gasteiger partial charge in [-0.25, -0.2) is 14.3 Å². The summed E-state index contributed by atoms with van der Waals surface area (Å²) >= 11 is 1.82. The molecule has 1 aromatic carbocycles. The first-order valence-electron chi connectivity index (χ1n) is 11.4. The normalized spacial score (nSPS) is 18.5. The smallest absolute Gasteiger partial charge is 0.195 e. The lowest BCUT2D eigenvalue weighted by Crippen LogP contribution is -2.42. The first-order valence-corrected chi connectivity index (χ1v) is 12.5. The number of fused-ring (bicyclic) bond motifs is 2. The summed E-state index contributed by atoms with van der Waals surface area (Å²) in [6.45, 7) is 7.94. The van der Waals surface area contributed by atoms with E-state index >= 15 is 0 Å². The summed E-state index contributed by atoms with van der Waals surface area (Å²) < 4.78 is 14.4. The van der Waals surface area contributed by atoms with E-state index in [2.05, 4.69) is 36.6 Å². The van der Waals surface area contributed by atoms with Crippen molar-refractivity contribution in [1.82, 2.24) is 29.4 Å². The quantitative estimate of drug-likeness (QED) is 0.447. The first-order chi connectivity index (χ1) is 16.3. The molecule has 0 amide bonds. The lowest BCUT2D eigenvalue weighted by atomic mass is 10.1. The number of anilines is 1. The molecule has 2 aliphatic rings. The molecule has 10 heteroatoms. The largest absolute Gasteiger partial charge is 0.454 e. The van der Waals surface area contributed by atoms with Crippen molar-refractivity contribution in [3.05, 3.63) is 36.2 Å². The van der Waals surface area contributed by atoms with E-state index in [9.17, 15) is 0 Å². The molecule has 1 N–H and O–H groups in total. The summed E-state index contributed by atoms with van der Waals surface area (Å²) in [5.41, 5.74) is 3.55. The number of H-pyrrole nitrogens is 1. The van der Waals surface area contributed by atoms with Crippen LogP contribution >= 0.6 is 11.9 Å². The van der Waals surface area contributed by atoms with Crippen LogP contribution in [0.4, 0.5) is 5.82 Å². The fraction of sp³-hybridized carbons (Fsp3) is 0.435. The molecule has 4 aromatic rings. The van der Waals surface area contributed by atoms with Gasteiger partial charge in [-0.1, -0.05) is 24.1 Å². The highest BCUT2D eigenvalue weighted by atomic mass is 32.2. The van der Waals surface area contributed by atoms with E-state index in [1.807, 2.05) is 36.3 Å². The summed E-state index contributed by atoms with van der Waals surface area (Å²) in [6, 6.07) is 8.15. The van der Waals surface area contributed by atoms with Gasteiger partial charge in [0, 0.05) is 56.3 Å². The van der Waals surface area contributed by atoms with Crippen LogP contribution in [0.1, 0.15) is 5.76 Å². The number of furan rings is 1. The Labute approximate surface area is 196 Å². The van der Waals surface area contributed by atoms with E-state index in [-0.39, 0.29) is 0 Å². The van der Waals surface area contributed by atoms with Crippen molar-refractivity contribution in [1.29, 1.82) is 0 Å². The van der Waals surface area contributed by atoms with E-state index in [0.29, 0.717) is 19.0 Å². The van der Waals surface area contributed by atoms with Crippen LogP contribution < -0.4 is 4.90 Å². The molecule has 33 heavy (non-hydrogen) atoms. The summed E-state index contributed by atoms with van der Waals surface area (Å²) in [5.74, 6) is 2.47. The second-order valence-electron chi connectivity index (χ2n) is 8.42. The average Bonchev–Trinajstić information content (AvgIpc) is 3.51. The molecule has 3 aromatic heterocycles. The molecule has 0 radical (unpaired) electrons. The van der Waals surface area contributed by atoms with Gasteiger partial charge in [0.2, 0.25) is 0 Å². The molecule has 2 saturated heterocycles. The highest BCUT2D eigenvalue weighted by molar-refractivity contribution is 7.96. The minimum Gasteiger partial charge on any atom is -0.454 e. The topological polar surface area (TPSA) is 86.5 Å². The van der Waals surface area contributed by atoms with Gasteiger partial charge < -0.3 is 14.1 Å². The van der Waals surface area contributed by atoms with Gasteiger partial charge in [-0.15, -0.1) is 0 Å². The first kappa shape index (κ1) is 20.9. The maximum atomic E-state index is 6.39. The zero-order chi connectivity index (χ0) is 22.2. The number of rotatable bonds is 5. The molecule has 0 spiro atoms. The van der Waals surface area contributed by atoms with Crippen LogP contribution in [0.3, 0.4) is 0 Å². The Hall–Kier alpha value is -2.66. The number of nitrogens with one attached hydrogen (secondary N) is 1. The lowest BCUT2D eigenvalue weighted by Gasteiger charge is -2.32. The van der Waals surface area contributed by atoms with Gasteiger partial charge in [-0.3, -0.25) is 10.00 Å². The maximum absolute atomic E-state index is 6.39. The molecule has 0 bridgehead atoms. The van der Waals surface area contributed by atoms with E-state index in [1.54, 1.807) is 0 Å². The second kappa shape index (κ2) is 8.94. The SMILES string of the molecule is CSN1CCN(Cc2cc3nc(-c4cccc5[nH]ncc45)nc(N4CCOCC4)c3o2)CC1. The number of morpholine rings is 1. The highest BCUT2D eigenvalue weighted by Crippen LogP contribution is 2.33. The van der Waals surface area contributed by atoms with Crippen molar-refractivity contribution >= 4 is 39.8 Å². The minimum absolute atomic E-state index is 0.686. The van der Waals surface area contributed by atoms with Crippen molar-refractivity contribution in [2.45, 2.75) is 6.54 Å². The van der Waals surface area contributed by atoms with Crippen molar-refractivity contribution in [3.8, 4) is 11.4 Å². The van der Waals surface area contributed by atoms with E-state index in [0.717, 1.165) is 85.0 Å². The number of nitrogens with zero attached hydrogens (tertiary/aromatic N) is 6. The van der Waals surface area contributed by atoms with Gasteiger partial charge in [0.25, 0.3) is 0 Å². The number of hydrogen-bond acceptors (Lipinski definition) is 9. The van der Waals surface area contributed by atoms with Gasteiger partial charge in [-0.05, 0) is 12.3 Å². The van der Waals surface area contributed by atoms with Crippen LogP contribution in [0.5, 0.6) is 0 Å². The number of aromatic nitrogens is 4. The fourth-order valence-corrected chi connectivity index (χ4v) is 5.13. The van der Waals surface area contributed by atoms with E-state index < -0.39 is 0 Å². The molecule has 6 rings (SSSR count). The lowest BCUT2D eigenvalue weighted by molar-refractivity contribution is 0.122. The summed E-state index contributed by atoms with van der Waals surface area (Å²) in [6.07, 6.45) is 3.98. The van der Waals surface area contributed by atoms with Crippen molar-refractivity contribution in [2.24, 2.45) is 0 Å². The molecular weight excluding hydrogens is 438 g/mol.